The van der Waals surface area contributed by atoms with Gasteiger partial charge < -0.3 is 16.0 Å². The first-order chi connectivity index (χ1) is 9.47. The lowest BCUT2D eigenvalue weighted by atomic mass is 10.1. The Morgan fingerprint density at radius 3 is 2.90 bits per heavy atom. The molecular weight excluding hydrogens is 260 g/mol. The second-order valence-electron chi connectivity index (χ2n) is 5.03. The molecule has 3 N–H and O–H groups in total. The van der Waals surface area contributed by atoms with Gasteiger partial charge in [-0.05, 0) is 31.9 Å². The predicted octanol–water partition coefficient (Wildman–Crippen LogP) is 1.86. The van der Waals surface area contributed by atoms with Gasteiger partial charge in [0.2, 0.25) is 0 Å². The number of amides is 2. The number of hydrogen-bond acceptors (Lipinski definition) is 4. The van der Waals surface area contributed by atoms with Crippen LogP contribution in [0.3, 0.4) is 0 Å². The second-order valence-corrected chi connectivity index (χ2v) is 5.03. The van der Waals surface area contributed by atoms with Crippen LogP contribution in [0.25, 0.3) is 0 Å². The van der Waals surface area contributed by atoms with Crippen molar-refractivity contribution in [2.24, 2.45) is 5.73 Å². The predicted molar refractivity (Wildman–Crippen MR) is 75.6 cm³/mol. The zero-order valence-corrected chi connectivity index (χ0v) is 11.3. The zero-order chi connectivity index (χ0) is 14.7. The van der Waals surface area contributed by atoms with Crippen LogP contribution in [0.5, 0.6) is 0 Å². The van der Waals surface area contributed by atoms with Crippen molar-refractivity contribution >= 4 is 17.4 Å². The number of primary amides is 1. The van der Waals surface area contributed by atoms with Gasteiger partial charge in [-0.15, -0.1) is 0 Å². The molecule has 0 aromatic heterocycles. The van der Waals surface area contributed by atoms with Crippen molar-refractivity contribution in [3.05, 3.63) is 33.9 Å². The minimum Gasteiger partial charge on any atom is -0.381 e. The Hall–Kier alpha value is -2.31. The number of aryl methyl sites for hydroxylation is 1. The van der Waals surface area contributed by atoms with Gasteiger partial charge in [-0.25, -0.2) is 4.79 Å². The number of carbonyl (C=O) groups excluding carboxylic acids is 1. The van der Waals surface area contributed by atoms with E-state index in [0.29, 0.717) is 18.7 Å². The van der Waals surface area contributed by atoms with E-state index >= 15 is 0 Å². The zero-order valence-electron chi connectivity index (χ0n) is 11.3. The summed E-state index contributed by atoms with van der Waals surface area (Å²) >= 11 is 0. The fourth-order valence-electron chi connectivity index (χ4n) is 2.48. The molecule has 0 unspecified atom stereocenters. The van der Waals surface area contributed by atoms with Gasteiger partial charge in [0.25, 0.3) is 5.69 Å². The largest absolute Gasteiger partial charge is 0.381 e. The Labute approximate surface area is 116 Å². The molecule has 0 bridgehead atoms. The van der Waals surface area contributed by atoms with Gasteiger partial charge in [-0.2, -0.15) is 0 Å². The van der Waals surface area contributed by atoms with Gasteiger partial charge in [0.15, 0.2) is 0 Å². The Morgan fingerprint density at radius 2 is 2.30 bits per heavy atom. The first kappa shape index (κ1) is 14.1. The number of nitro groups is 1. The average molecular weight is 278 g/mol. The summed E-state index contributed by atoms with van der Waals surface area (Å²) in [6, 6.07) is 4.65. The third-order valence-corrected chi connectivity index (χ3v) is 3.50. The number of nitro benzene ring substituents is 1. The van der Waals surface area contributed by atoms with Crippen molar-refractivity contribution < 1.29 is 9.72 Å². The topological polar surface area (TPSA) is 102 Å². The lowest BCUT2D eigenvalue weighted by molar-refractivity contribution is -0.385. The Bertz CT molecular complexity index is 532. The normalized spacial score (nSPS) is 18.6. The van der Waals surface area contributed by atoms with E-state index in [1.54, 1.807) is 24.0 Å². The highest BCUT2D eigenvalue weighted by atomic mass is 16.6. The summed E-state index contributed by atoms with van der Waals surface area (Å²) in [6.45, 7) is 2.96. The molecule has 7 nitrogen and oxygen atoms in total. The van der Waals surface area contributed by atoms with Crippen molar-refractivity contribution in [1.82, 2.24) is 4.90 Å². The van der Waals surface area contributed by atoms with Gasteiger partial charge in [0.1, 0.15) is 0 Å². The maximum Gasteiger partial charge on any atom is 0.314 e. The number of rotatable bonds is 3. The third-order valence-electron chi connectivity index (χ3n) is 3.50. The highest BCUT2D eigenvalue weighted by Crippen LogP contribution is 2.23. The van der Waals surface area contributed by atoms with Crippen molar-refractivity contribution in [2.45, 2.75) is 25.8 Å². The van der Waals surface area contributed by atoms with Crippen LogP contribution < -0.4 is 11.1 Å². The van der Waals surface area contributed by atoms with Gasteiger partial charge >= 0.3 is 6.03 Å². The molecule has 108 valence electrons. The van der Waals surface area contributed by atoms with E-state index in [-0.39, 0.29) is 11.7 Å². The van der Waals surface area contributed by atoms with E-state index in [1.807, 2.05) is 0 Å². The van der Waals surface area contributed by atoms with Crippen molar-refractivity contribution in [2.75, 3.05) is 18.4 Å². The second kappa shape index (κ2) is 5.77. The van der Waals surface area contributed by atoms with E-state index in [2.05, 4.69) is 5.32 Å². The van der Waals surface area contributed by atoms with Gasteiger partial charge in [0, 0.05) is 36.4 Å². The van der Waals surface area contributed by atoms with Gasteiger partial charge in [-0.3, -0.25) is 10.1 Å². The van der Waals surface area contributed by atoms with Crippen LogP contribution >= 0.6 is 0 Å². The maximum absolute atomic E-state index is 11.2. The number of carbonyl (C=O) groups is 1. The molecule has 0 spiro atoms. The lowest BCUT2D eigenvalue weighted by Gasteiger charge is -2.32. The SMILES string of the molecule is Cc1cc(N[C@@H]2CCCN(C(N)=O)C2)ccc1[N+](=O)[O-]. The summed E-state index contributed by atoms with van der Waals surface area (Å²) in [5.41, 5.74) is 6.83. The number of nitrogens with one attached hydrogen (secondary N) is 1. The van der Waals surface area contributed by atoms with Crippen LogP contribution in [-0.4, -0.2) is 35.0 Å². The van der Waals surface area contributed by atoms with E-state index in [4.69, 9.17) is 5.73 Å². The molecule has 1 saturated heterocycles. The molecule has 2 amide bonds. The summed E-state index contributed by atoms with van der Waals surface area (Å²) in [7, 11) is 0. The monoisotopic (exact) mass is 278 g/mol. The third kappa shape index (κ3) is 3.17. The molecule has 1 aromatic rings. The van der Waals surface area contributed by atoms with E-state index in [0.717, 1.165) is 18.5 Å². The molecule has 1 aliphatic heterocycles. The van der Waals surface area contributed by atoms with Crippen molar-refractivity contribution in [3.63, 3.8) is 0 Å². The molecule has 1 atom stereocenters. The molecule has 2 rings (SSSR count). The van der Waals surface area contributed by atoms with Crippen LogP contribution in [0.4, 0.5) is 16.2 Å². The fourth-order valence-corrected chi connectivity index (χ4v) is 2.48. The standard InChI is InChI=1S/C13H18N4O3/c1-9-7-10(4-5-12(9)17(19)20)15-11-3-2-6-16(8-11)13(14)18/h4-5,7,11,15H,2-3,6,8H2,1H3,(H2,14,18)/t11-/m1/s1. The lowest BCUT2D eigenvalue weighted by Crippen LogP contribution is -2.47. The van der Waals surface area contributed by atoms with E-state index in [9.17, 15) is 14.9 Å². The van der Waals surface area contributed by atoms with Crippen LogP contribution in [0.1, 0.15) is 18.4 Å². The molecule has 1 fully saturated rings. The van der Waals surface area contributed by atoms with E-state index < -0.39 is 11.0 Å². The van der Waals surface area contributed by atoms with Gasteiger partial charge in [0.05, 0.1) is 4.92 Å². The summed E-state index contributed by atoms with van der Waals surface area (Å²) in [5, 5.41) is 14.1. The molecule has 1 heterocycles. The van der Waals surface area contributed by atoms with Crippen LogP contribution in [0.2, 0.25) is 0 Å². The van der Waals surface area contributed by atoms with Crippen molar-refractivity contribution in [3.8, 4) is 0 Å². The molecule has 1 aromatic carbocycles. The maximum atomic E-state index is 11.2. The minimum absolute atomic E-state index is 0.109. The molecule has 20 heavy (non-hydrogen) atoms. The molecule has 0 saturated carbocycles. The number of nitrogens with zero attached hydrogens (tertiary/aromatic N) is 2. The smallest absolute Gasteiger partial charge is 0.314 e. The number of benzene rings is 1. The Morgan fingerprint density at radius 1 is 1.55 bits per heavy atom. The minimum atomic E-state index is -0.406. The number of urea groups is 1. The fraction of sp³-hybridized carbons (Fsp3) is 0.462. The molecule has 1 aliphatic rings. The number of piperidine rings is 1. The molecule has 7 heteroatoms. The van der Waals surface area contributed by atoms with Crippen LogP contribution in [-0.2, 0) is 0 Å². The summed E-state index contributed by atoms with van der Waals surface area (Å²) in [6.07, 6.45) is 1.84. The number of likely N-dealkylation sites (tertiary alicyclic amines) is 1. The number of anilines is 1. The first-order valence-corrected chi connectivity index (χ1v) is 6.53. The molecule has 0 radical (unpaired) electrons. The van der Waals surface area contributed by atoms with Gasteiger partial charge in [-0.1, -0.05) is 0 Å². The van der Waals surface area contributed by atoms with Crippen molar-refractivity contribution in [1.29, 1.82) is 0 Å². The first-order valence-electron chi connectivity index (χ1n) is 6.53. The molecule has 0 aliphatic carbocycles. The number of hydrogen-bond donors (Lipinski definition) is 2. The van der Waals surface area contributed by atoms with Crippen LogP contribution in [0, 0.1) is 17.0 Å². The quantitative estimate of drug-likeness (QED) is 0.650. The number of nitrogens with two attached hydrogens (primary N) is 1. The van der Waals surface area contributed by atoms with Crippen LogP contribution in [0.15, 0.2) is 18.2 Å². The summed E-state index contributed by atoms with van der Waals surface area (Å²) < 4.78 is 0. The summed E-state index contributed by atoms with van der Waals surface area (Å²) in [5.74, 6) is 0. The highest BCUT2D eigenvalue weighted by molar-refractivity contribution is 5.72. The Balaban J connectivity index is 2.04. The average Bonchev–Trinajstić information content (AvgIpc) is 2.38. The summed E-state index contributed by atoms with van der Waals surface area (Å²) in [4.78, 5) is 23.2. The highest BCUT2D eigenvalue weighted by Gasteiger charge is 2.22. The van der Waals surface area contributed by atoms with E-state index in [1.165, 1.54) is 6.07 Å². The Kier molecular flexibility index (Phi) is 4.07. The molecular formula is C13H18N4O3.